The molecule has 2 rings (SSSR count). The molecule has 14 heavy (non-hydrogen) atoms. The van der Waals surface area contributed by atoms with Gasteiger partial charge in [0.05, 0.1) is 6.61 Å². The second kappa shape index (κ2) is 3.67. The summed E-state index contributed by atoms with van der Waals surface area (Å²) in [6, 6.07) is 0. The lowest BCUT2D eigenvalue weighted by Crippen LogP contribution is -2.50. The van der Waals surface area contributed by atoms with Crippen LogP contribution in [0.3, 0.4) is 0 Å². The first kappa shape index (κ1) is 10.2. The summed E-state index contributed by atoms with van der Waals surface area (Å²) in [5.74, 6) is -0.292. The average Bonchev–Trinajstić information content (AvgIpc) is 2.58. The minimum Gasteiger partial charge on any atom is -0.353 e. The summed E-state index contributed by atoms with van der Waals surface area (Å²) in [5.41, 5.74) is 0.224. The lowest BCUT2D eigenvalue weighted by atomic mass is 9.73. The van der Waals surface area contributed by atoms with Crippen LogP contribution in [-0.2, 0) is 9.47 Å². The maximum Gasteiger partial charge on any atom is 0.173 e. The molecule has 0 bridgehead atoms. The predicted octanol–water partition coefficient (Wildman–Crippen LogP) is 2.89. The summed E-state index contributed by atoms with van der Waals surface area (Å²) in [7, 11) is 1.79. The smallest absolute Gasteiger partial charge is 0.173 e. The number of methoxy groups -OCH3 is 1. The fourth-order valence-corrected chi connectivity index (χ4v) is 3.32. The molecule has 2 heteroatoms. The van der Waals surface area contributed by atoms with Crippen molar-refractivity contribution in [1.82, 2.24) is 0 Å². The van der Waals surface area contributed by atoms with Crippen molar-refractivity contribution in [3.05, 3.63) is 12.7 Å². The van der Waals surface area contributed by atoms with Crippen LogP contribution in [0.15, 0.2) is 12.7 Å². The summed E-state index contributed by atoms with van der Waals surface area (Å²) in [4.78, 5) is 0. The van der Waals surface area contributed by atoms with Crippen molar-refractivity contribution in [1.29, 1.82) is 0 Å². The van der Waals surface area contributed by atoms with Crippen LogP contribution in [-0.4, -0.2) is 19.5 Å². The van der Waals surface area contributed by atoms with Gasteiger partial charge in [-0.25, -0.2) is 0 Å². The Bertz CT molecular complexity index is 226. The zero-order valence-corrected chi connectivity index (χ0v) is 9.05. The Morgan fingerprint density at radius 2 is 2.14 bits per heavy atom. The summed E-state index contributed by atoms with van der Waals surface area (Å²) in [5, 5.41) is 0. The van der Waals surface area contributed by atoms with Gasteiger partial charge in [-0.3, -0.25) is 0 Å². The zero-order chi connectivity index (χ0) is 10.1. The molecule has 0 aromatic rings. The normalized spacial score (nSPS) is 42.1. The van der Waals surface area contributed by atoms with E-state index in [0.717, 1.165) is 19.4 Å². The van der Waals surface area contributed by atoms with Gasteiger partial charge >= 0.3 is 0 Å². The molecule has 1 heterocycles. The molecule has 2 aliphatic rings. The summed E-state index contributed by atoms with van der Waals surface area (Å²) >= 11 is 0. The molecule has 0 radical (unpaired) electrons. The number of fused-ring (bicyclic) bond motifs is 1. The van der Waals surface area contributed by atoms with Crippen LogP contribution in [0.5, 0.6) is 0 Å². The molecule has 1 saturated heterocycles. The zero-order valence-electron chi connectivity index (χ0n) is 9.05. The van der Waals surface area contributed by atoms with Crippen LogP contribution in [0, 0.1) is 5.41 Å². The van der Waals surface area contributed by atoms with Crippen LogP contribution in [0.2, 0.25) is 0 Å². The summed E-state index contributed by atoms with van der Waals surface area (Å²) in [6.07, 6.45) is 8.95. The predicted molar refractivity (Wildman–Crippen MR) is 56.0 cm³/mol. The number of rotatable bonds is 3. The molecule has 2 atom stereocenters. The lowest BCUT2D eigenvalue weighted by Gasteiger charge is -2.47. The van der Waals surface area contributed by atoms with Crippen molar-refractivity contribution in [2.45, 2.75) is 44.3 Å². The van der Waals surface area contributed by atoms with E-state index in [1.54, 1.807) is 7.11 Å². The molecule has 0 N–H and O–H groups in total. The van der Waals surface area contributed by atoms with Gasteiger partial charge in [0.25, 0.3) is 0 Å². The Labute approximate surface area is 86.3 Å². The van der Waals surface area contributed by atoms with E-state index in [1.165, 1.54) is 25.7 Å². The van der Waals surface area contributed by atoms with Crippen molar-refractivity contribution in [3.8, 4) is 0 Å². The average molecular weight is 196 g/mol. The van der Waals surface area contributed by atoms with E-state index in [4.69, 9.17) is 9.47 Å². The van der Waals surface area contributed by atoms with Gasteiger partial charge in [-0.1, -0.05) is 6.08 Å². The molecular weight excluding hydrogens is 176 g/mol. The standard InChI is InChI=1S/C12H20O2/c1-3-6-11-7-4-9-12(11,13-2)14-10-5-8-11/h3H,1,4-10H2,2H3. The Morgan fingerprint density at radius 1 is 1.36 bits per heavy atom. The molecule has 1 aliphatic carbocycles. The Balaban J connectivity index is 2.27. The number of allylic oxidation sites excluding steroid dienone is 1. The van der Waals surface area contributed by atoms with Crippen LogP contribution in [0.1, 0.15) is 38.5 Å². The molecule has 1 saturated carbocycles. The van der Waals surface area contributed by atoms with Crippen molar-refractivity contribution < 1.29 is 9.47 Å². The molecule has 80 valence electrons. The van der Waals surface area contributed by atoms with Crippen molar-refractivity contribution >= 4 is 0 Å². The van der Waals surface area contributed by atoms with E-state index in [0.29, 0.717) is 0 Å². The van der Waals surface area contributed by atoms with E-state index in [1.807, 2.05) is 6.08 Å². The lowest BCUT2D eigenvalue weighted by molar-refractivity contribution is -0.295. The highest BCUT2D eigenvalue weighted by Crippen LogP contribution is 2.56. The molecule has 0 amide bonds. The van der Waals surface area contributed by atoms with Crippen molar-refractivity contribution in [3.63, 3.8) is 0 Å². The fourth-order valence-electron chi connectivity index (χ4n) is 3.32. The molecule has 2 fully saturated rings. The second-order valence-corrected chi connectivity index (χ2v) is 4.54. The van der Waals surface area contributed by atoms with Crippen LogP contribution in [0.25, 0.3) is 0 Å². The summed E-state index contributed by atoms with van der Waals surface area (Å²) < 4.78 is 11.6. The fraction of sp³-hybridized carbons (Fsp3) is 0.833. The highest BCUT2D eigenvalue weighted by molar-refractivity contribution is 5.04. The molecule has 2 nitrogen and oxygen atoms in total. The first-order chi connectivity index (χ1) is 6.79. The van der Waals surface area contributed by atoms with Crippen molar-refractivity contribution in [2.75, 3.05) is 13.7 Å². The number of ether oxygens (including phenoxy) is 2. The Kier molecular flexibility index (Phi) is 2.67. The van der Waals surface area contributed by atoms with E-state index in [9.17, 15) is 0 Å². The van der Waals surface area contributed by atoms with E-state index in [2.05, 4.69) is 6.58 Å². The van der Waals surface area contributed by atoms with E-state index < -0.39 is 0 Å². The number of hydrogen-bond donors (Lipinski definition) is 0. The summed E-state index contributed by atoms with van der Waals surface area (Å²) in [6.45, 7) is 4.72. The minimum absolute atomic E-state index is 0.224. The molecule has 0 aromatic carbocycles. The third-order valence-corrected chi connectivity index (χ3v) is 3.97. The molecule has 1 aliphatic heterocycles. The third kappa shape index (κ3) is 1.24. The van der Waals surface area contributed by atoms with Gasteiger partial charge in [0.2, 0.25) is 0 Å². The monoisotopic (exact) mass is 196 g/mol. The SMILES string of the molecule is C=CCC12CCCOC1(OC)CCC2. The second-order valence-electron chi connectivity index (χ2n) is 4.54. The third-order valence-electron chi connectivity index (χ3n) is 3.97. The van der Waals surface area contributed by atoms with Crippen LogP contribution >= 0.6 is 0 Å². The van der Waals surface area contributed by atoms with E-state index >= 15 is 0 Å². The first-order valence-corrected chi connectivity index (χ1v) is 5.59. The van der Waals surface area contributed by atoms with Gasteiger partial charge in [-0.15, -0.1) is 6.58 Å². The Hall–Kier alpha value is -0.340. The van der Waals surface area contributed by atoms with E-state index in [-0.39, 0.29) is 11.2 Å². The van der Waals surface area contributed by atoms with Gasteiger partial charge in [-0.2, -0.15) is 0 Å². The quantitative estimate of drug-likeness (QED) is 0.646. The van der Waals surface area contributed by atoms with Gasteiger partial charge in [0, 0.05) is 18.9 Å². The van der Waals surface area contributed by atoms with Crippen LogP contribution < -0.4 is 0 Å². The maximum atomic E-state index is 5.92. The molecular formula is C12H20O2. The van der Waals surface area contributed by atoms with Gasteiger partial charge in [0.15, 0.2) is 5.79 Å². The van der Waals surface area contributed by atoms with Gasteiger partial charge in [0.1, 0.15) is 0 Å². The molecule has 0 spiro atoms. The highest BCUT2D eigenvalue weighted by atomic mass is 16.7. The minimum atomic E-state index is -0.292. The van der Waals surface area contributed by atoms with Crippen LogP contribution in [0.4, 0.5) is 0 Å². The maximum absolute atomic E-state index is 5.92. The largest absolute Gasteiger partial charge is 0.353 e. The van der Waals surface area contributed by atoms with Gasteiger partial charge in [-0.05, 0) is 32.1 Å². The number of hydrogen-bond acceptors (Lipinski definition) is 2. The molecule has 2 unspecified atom stereocenters. The van der Waals surface area contributed by atoms with Gasteiger partial charge < -0.3 is 9.47 Å². The highest BCUT2D eigenvalue weighted by Gasteiger charge is 2.57. The first-order valence-electron chi connectivity index (χ1n) is 5.59. The topological polar surface area (TPSA) is 18.5 Å². The van der Waals surface area contributed by atoms with Crippen molar-refractivity contribution in [2.24, 2.45) is 5.41 Å². The molecule has 0 aromatic heterocycles. The Morgan fingerprint density at radius 3 is 2.86 bits per heavy atom.